The maximum absolute atomic E-state index is 13.7. The van der Waals surface area contributed by atoms with Gasteiger partial charge in [-0.25, -0.2) is 21.9 Å². The first-order valence-corrected chi connectivity index (χ1v) is 7.32. The molecule has 0 atom stereocenters. The number of halogens is 2. The van der Waals surface area contributed by atoms with Crippen molar-refractivity contribution in [1.82, 2.24) is 4.72 Å². The maximum atomic E-state index is 13.7. The fourth-order valence-electron chi connectivity index (χ4n) is 1.74. The molecule has 1 aromatic rings. The molecular formula is C12H18F2N2O3S. The van der Waals surface area contributed by atoms with E-state index in [1.807, 2.05) is 0 Å². The molecule has 0 aliphatic rings. The summed E-state index contributed by atoms with van der Waals surface area (Å²) in [7, 11) is -2.82. The van der Waals surface area contributed by atoms with Crippen LogP contribution >= 0.6 is 0 Å². The van der Waals surface area contributed by atoms with Gasteiger partial charge in [0.05, 0.1) is 12.1 Å². The van der Waals surface area contributed by atoms with Gasteiger partial charge in [-0.15, -0.1) is 0 Å². The van der Waals surface area contributed by atoms with E-state index in [0.29, 0.717) is 0 Å². The molecule has 0 saturated heterocycles. The first-order chi connectivity index (χ1) is 9.13. The molecule has 5 nitrogen and oxygen atoms in total. The van der Waals surface area contributed by atoms with Gasteiger partial charge in [0.2, 0.25) is 10.0 Å². The van der Waals surface area contributed by atoms with Gasteiger partial charge in [-0.2, -0.15) is 0 Å². The standard InChI is InChI=1S/C12H18F2N2O3S/c1-12(2,7-19-3)16-20(17,18)10-5-8(6-15)4-9(13)11(10)14/h4-5,16H,6-7,15H2,1-3H3. The van der Waals surface area contributed by atoms with Crippen molar-refractivity contribution in [1.29, 1.82) is 0 Å². The highest BCUT2D eigenvalue weighted by atomic mass is 32.2. The van der Waals surface area contributed by atoms with Crippen LogP contribution in [0.1, 0.15) is 19.4 Å². The highest BCUT2D eigenvalue weighted by molar-refractivity contribution is 7.89. The third-order valence-corrected chi connectivity index (χ3v) is 4.19. The van der Waals surface area contributed by atoms with E-state index < -0.39 is 32.1 Å². The van der Waals surface area contributed by atoms with E-state index in [2.05, 4.69) is 4.72 Å². The Morgan fingerprint density at radius 2 is 1.95 bits per heavy atom. The van der Waals surface area contributed by atoms with Gasteiger partial charge in [0.1, 0.15) is 4.90 Å². The van der Waals surface area contributed by atoms with Crippen LogP contribution in [0.3, 0.4) is 0 Å². The van der Waals surface area contributed by atoms with Crippen LogP contribution in [0.5, 0.6) is 0 Å². The molecule has 0 unspecified atom stereocenters. The van der Waals surface area contributed by atoms with Gasteiger partial charge in [0, 0.05) is 13.7 Å². The van der Waals surface area contributed by atoms with Crippen molar-refractivity contribution in [3.05, 3.63) is 29.3 Å². The Morgan fingerprint density at radius 3 is 2.45 bits per heavy atom. The van der Waals surface area contributed by atoms with Gasteiger partial charge in [-0.05, 0) is 31.5 Å². The number of nitrogens with one attached hydrogen (secondary N) is 1. The zero-order valence-electron chi connectivity index (χ0n) is 11.5. The van der Waals surface area contributed by atoms with Crippen molar-refractivity contribution in [2.75, 3.05) is 13.7 Å². The van der Waals surface area contributed by atoms with E-state index in [4.69, 9.17) is 10.5 Å². The summed E-state index contributed by atoms with van der Waals surface area (Å²) in [6, 6.07) is 1.89. The van der Waals surface area contributed by atoms with E-state index >= 15 is 0 Å². The lowest BCUT2D eigenvalue weighted by atomic mass is 10.1. The van der Waals surface area contributed by atoms with E-state index in [0.717, 1.165) is 12.1 Å². The summed E-state index contributed by atoms with van der Waals surface area (Å²) in [5.74, 6) is -2.68. The summed E-state index contributed by atoms with van der Waals surface area (Å²) in [5.41, 5.74) is 4.56. The van der Waals surface area contributed by atoms with Gasteiger partial charge in [0.15, 0.2) is 11.6 Å². The molecule has 0 bridgehead atoms. The Morgan fingerprint density at radius 1 is 1.35 bits per heavy atom. The average molecular weight is 308 g/mol. The molecule has 0 aliphatic heterocycles. The quantitative estimate of drug-likeness (QED) is 0.825. The fourth-order valence-corrected chi connectivity index (χ4v) is 3.28. The van der Waals surface area contributed by atoms with Crippen LogP contribution in [0.2, 0.25) is 0 Å². The van der Waals surface area contributed by atoms with Crippen LogP contribution < -0.4 is 10.5 Å². The Bertz CT molecular complexity index is 589. The van der Waals surface area contributed by atoms with Gasteiger partial charge >= 0.3 is 0 Å². The Hall–Kier alpha value is -1.09. The lowest BCUT2D eigenvalue weighted by Gasteiger charge is -2.25. The van der Waals surface area contributed by atoms with Crippen LogP contribution in [0.15, 0.2) is 17.0 Å². The highest BCUT2D eigenvalue weighted by Crippen LogP contribution is 2.21. The highest BCUT2D eigenvalue weighted by Gasteiger charge is 2.29. The number of nitrogens with two attached hydrogens (primary N) is 1. The van der Waals surface area contributed by atoms with E-state index in [-0.39, 0.29) is 18.7 Å². The van der Waals surface area contributed by atoms with Crippen LogP contribution in [0.25, 0.3) is 0 Å². The van der Waals surface area contributed by atoms with E-state index in [9.17, 15) is 17.2 Å². The minimum Gasteiger partial charge on any atom is -0.383 e. The molecule has 1 aromatic carbocycles. The normalized spacial score (nSPS) is 12.7. The van der Waals surface area contributed by atoms with Crippen LogP contribution in [0.4, 0.5) is 8.78 Å². The first kappa shape index (κ1) is 17.0. The number of hydrogen-bond donors (Lipinski definition) is 2. The SMILES string of the molecule is COCC(C)(C)NS(=O)(=O)c1cc(CN)cc(F)c1F. The Kier molecular flexibility index (Phi) is 5.20. The zero-order chi connectivity index (χ0) is 15.6. The lowest BCUT2D eigenvalue weighted by molar-refractivity contribution is 0.141. The van der Waals surface area contributed by atoms with Gasteiger partial charge in [-0.1, -0.05) is 0 Å². The molecule has 0 aromatic heterocycles. The summed E-state index contributed by atoms with van der Waals surface area (Å²) in [5, 5.41) is 0. The minimum absolute atomic E-state index is 0.0763. The predicted octanol–water partition coefficient (Wildman–Crippen LogP) is 1.13. The zero-order valence-corrected chi connectivity index (χ0v) is 12.4. The topological polar surface area (TPSA) is 81.4 Å². The fraction of sp³-hybridized carbons (Fsp3) is 0.500. The maximum Gasteiger partial charge on any atom is 0.244 e. The monoisotopic (exact) mass is 308 g/mol. The lowest BCUT2D eigenvalue weighted by Crippen LogP contribution is -2.46. The number of benzene rings is 1. The number of methoxy groups -OCH3 is 1. The number of sulfonamides is 1. The molecule has 0 radical (unpaired) electrons. The summed E-state index contributed by atoms with van der Waals surface area (Å²) < 4.78 is 58.5. The molecular weight excluding hydrogens is 290 g/mol. The van der Waals surface area contributed by atoms with Crippen LogP contribution in [-0.4, -0.2) is 27.7 Å². The molecule has 0 saturated carbocycles. The predicted molar refractivity (Wildman–Crippen MR) is 70.5 cm³/mol. The number of hydrogen-bond acceptors (Lipinski definition) is 4. The van der Waals surface area contributed by atoms with Gasteiger partial charge in [-0.3, -0.25) is 0 Å². The summed E-state index contributed by atoms with van der Waals surface area (Å²) in [6.07, 6.45) is 0. The second-order valence-electron chi connectivity index (χ2n) is 5.02. The van der Waals surface area contributed by atoms with Crippen molar-refractivity contribution >= 4 is 10.0 Å². The molecule has 0 fully saturated rings. The van der Waals surface area contributed by atoms with E-state index in [1.165, 1.54) is 7.11 Å². The summed E-state index contributed by atoms with van der Waals surface area (Å²) >= 11 is 0. The Labute approximate surface area is 117 Å². The largest absolute Gasteiger partial charge is 0.383 e. The Balaban J connectivity index is 3.25. The molecule has 3 N–H and O–H groups in total. The average Bonchev–Trinajstić information content (AvgIpc) is 2.30. The van der Waals surface area contributed by atoms with Gasteiger partial charge in [0.25, 0.3) is 0 Å². The summed E-state index contributed by atoms with van der Waals surface area (Å²) in [4.78, 5) is -0.762. The molecule has 0 amide bonds. The molecule has 1 rings (SSSR count). The van der Waals surface area contributed by atoms with Crippen LogP contribution in [0, 0.1) is 11.6 Å². The van der Waals surface area contributed by atoms with Crippen molar-refractivity contribution in [3.63, 3.8) is 0 Å². The molecule has 8 heteroatoms. The second kappa shape index (κ2) is 6.13. The van der Waals surface area contributed by atoms with E-state index in [1.54, 1.807) is 13.8 Å². The molecule has 0 heterocycles. The molecule has 20 heavy (non-hydrogen) atoms. The van der Waals surface area contributed by atoms with Crippen molar-refractivity contribution < 1.29 is 21.9 Å². The van der Waals surface area contributed by atoms with Gasteiger partial charge < -0.3 is 10.5 Å². The first-order valence-electron chi connectivity index (χ1n) is 5.84. The smallest absolute Gasteiger partial charge is 0.244 e. The third kappa shape index (κ3) is 3.95. The van der Waals surface area contributed by atoms with Crippen molar-refractivity contribution in [3.8, 4) is 0 Å². The number of rotatable bonds is 6. The molecule has 114 valence electrons. The minimum atomic E-state index is -4.23. The second-order valence-corrected chi connectivity index (χ2v) is 6.67. The van der Waals surface area contributed by atoms with Crippen LogP contribution in [-0.2, 0) is 21.3 Å². The summed E-state index contributed by atoms with van der Waals surface area (Å²) in [6.45, 7) is 3.11. The van der Waals surface area contributed by atoms with Crippen molar-refractivity contribution in [2.45, 2.75) is 30.8 Å². The molecule has 0 spiro atoms. The van der Waals surface area contributed by atoms with Crippen molar-refractivity contribution in [2.24, 2.45) is 5.73 Å². The molecule has 0 aliphatic carbocycles. The third-order valence-electron chi connectivity index (χ3n) is 2.50. The number of ether oxygens (including phenoxy) is 1.